The topological polar surface area (TPSA) is 3.24 Å². The van der Waals surface area contributed by atoms with Crippen molar-refractivity contribution < 1.29 is 0 Å². The smallest absolute Gasteiger partial charge is 0.0236 e. The predicted molar refractivity (Wildman–Crippen MR) is 64.8 cm³/mol. The van der Waals surface area contributed by atoms with Crippen LogP contribution >= 0.6 is 0 Å². The van der Waals surface area contributed by atoms with Crippen molar-refractivity contribution in [3.05, 3.63) is 35.9 Å². The zero-order valence-electron chi connectivity index (χ0n) is 9.65. The van der Waals surface area contributed by atoms with E-state index >= 15 is 0 Å². The molecule has 2 rings (SSSR count). The third-order valence-corrected chi connectivity index (χ3v) is 3.45. The van der Waals surface area contributed by atoms with Gasteiger partial charge >= 0.3 is 0 Å². The SMILES string of the molecule is CCC1CCCCN1Cc1ccccc1. The van der Waals surface area contributed by atoms with Crippen LogP contribution < -0.4 is 0 Å². The molecule has 0 spiro atoms. The Morgan fingerprint density at radius 1 is 1.20 bits per heavy atom. The molecule has 0 bridgehead atoms. The molecule has 82 valence electrons. The summed E-state index contributed by atoms with van der Waals surface area (Å²) < 4.78 is 0. The van der Waals surface area contributed by atoms with Gasteiger partial charge in [0.25, 0.3) is 0 Å². The molecule has 0 amide bonds. The Morgan fingerprint density at radius 2 is 2.00 bits per heavy atom. The quantitative estimate of drug-likeness (QED) is 0.727. The van der Waals surface area contributed by atoms with Gasteiger partial charge in [-0.15, -0.1) is 0 Å². The second-order valence-electron chi connectivity index (χ2n) is 4.51. The third kappa shape index (κ3) is 2.82. The highest BCUT2D eigenvalue weighted by atomic mass is 15.2. The Bertz CT molecular complexity index is 281. The van der Waals surface area contributed by atoms with Gasteiger partial charge in [-0.05, 0) is 31.4 Å². The van der Waals surface area contributed by atoms with Gasteiger partial charge in [-0.25, -0.2) is 0 Å². The van der Waals surface area contributed by atoms with E-state index in [1.54, 1.807) is 0 Å². The molecule has 15 heavy (non-hydrogen) atoms. The van der Waals surface area contributed by atoms with Crippen LogP contribution in [0.3, 0.4) is 0 Å². The normalized spacial score (nSPS) is 22.9. The fourth-order valence-corrected chi connectivity index (χ4v) is 2.55. The van der Waals surface area contributed by atoms with E-state index in [0.29, 0.717) is 0 Å². The van der Waals surface area contributed by atoms with Gasteiger partial charge in [0.05, 0.1) is 0 Å². The Balaban J connectivity index is 1.97. The van der Waals surface area contributed by atoms with Crippen molar-refractivity contribution in [3.63, 3.8) is 0 Å². The predicted octanol–water partition coefficient (Wildman–Crippen LogP) is 3.45. The number of likely N-dealkylation sites (tertiary alicyclic amines) is 1. The van der Waals surface area contributed by atoms with Gasteiger partial charge in [-0.1, -0.05) is 43.7 Å². The van der Waals surface area contributed by atoms with E-state index < -0.39 is 0 Å². The molecule has 1 aliphatic rings. The van der Waals surface area contributed by atoms with Gasteiger partial charge in [0.15, 0.2) is 0 Å². The van der Waals surface area contributed by atoms with Crippen LogP contribution in [-0.2, 0) is 6.54 Å². The number of rotatable bonds is 3. The minimum Gasteiger partial charge on any atom is -0.296 e. The van der Waals surface area contributed by atoms with Crippen molar-refractivity contribution in [1.82, 2.24) is 4.90 Å². The summed E-state index contributed by atoms with van der Waals surface area (Å²) in [6.07, 6.45) is 5.49. The van der Waals surface area contributed by atoms with E-state index in [-0.39, 0.29) is 0 Å². The van der Waals surface area contributed by atoms with Crippen LogP contribution in [0.25, 0.3) is 0 Å². The summed E-state index contributed by atoms with van der Waals surface area (Å²) in [5.74, 6) is 0. The number of benzene rings is 1. The van der Waals surface area contributed by atoms with E-state index in [4.69, 9.17) is 0 Å². The fraction of sp³-hybridized carbons (Fsp3) is 0.571. The van der Waals surface area contributed by atoms with Crippen molar-refractivity contribution in [3.8, 4) is 0 Å². The Morgan fingerprint density at radius 3 is 2.73 bits per heavy atom. The summed E-state index contributed by atoms with van der Waals surface area (Å²) in [5.41, 5.74) is 1.46. The van der Waals surface area contributed by atoms with Crippen LogP contribution in [0.15, 0.2) is 30.3 Å². The van der Waals surface area contributed by atoms with Gasteiger partial charge in [0.1, 0.15) is 0 Å². The van der Waals surface area contributed by atoms with Gasteiger partial charge < -0.3 is 0 Å². The number of hydrogen-bond acceptors (Lipinski definition) is 1. The van der Waals surface area contributed by atoms with Crippen molar-refractivity contribution in [2.24, 2.45) is 0 Å². The van der Waals surface area contributed by atoms with Gasteiger partial charge in [0, 0.05) is 12.6 Å². The zero-order chi connectivity index (χ0) is 10.5. The fourth-order valence-electron chi connectivity index (χ4n) is 2.55. The molecule has 0 N–H and O–H groups in total. The van der Waals surface area contributed by atoms with Crippen molar-refractivity contribution in [2.75, 3.05) is 6.54 Å². The highest BCUT2D eigenvalue weighted by Gasteiger charge is 2.20. The lowest BCUT2D eigenvalue weighted by molar-refractivity contribution is 0.136. The Kier molecular flexibility index (Phi) is 3.79. The summed E-state index contributed by atoms with van der Waals surface area (Å²) in [5, 5.41) is 0. The molecule has 1 unspecified atom stereocenters. The highest BCUT2D eigenvalue weighted by Crippen LogP contribution is 2.21. The summed E-state index contributed by atoms with van der Waals surface area (Å²) in [6, 6.07) is 11.7. The lowest BCUT2D eigenvalue weighted by Crippen LogP contribution is -2.38. The van der Waals surface area contributed by atoms with Crippen LogP contribution in [-0.4, -0.2) is 17.5 Å². The largest absolute Gasteiger partial charge is 0.296 e. The monoisotopic (exact) mass is 203 g/mol. The molecule has 1 aromatic rings. The van der Waals surface area contributed by atoms with Crippen molar-refractivity contribution in [2.45, 2.75) is 45.2 Å². The molecule has 1 aliphatic heterocycles. The zero-order valence-corrected chi connectivity index (χ0v) is 9.65. The molecular weight excluding hydrogens is 182 g/mol. The second-order valence-corrected chi connectivity index (χ2v) is 4.51. The average Bonchev–Trinajstić information content (AvgIpc) is 2.31. The first-order chi connectivity index (χ1) is 7.40. The molecule has 0 saturated carbocycles. The van der Waals surface area contributed by atoms with Crippen LogP contribution in [0.5, 0.6) is 0 Å². The molecule has 0 radical (unpaired) electrons. The van der Waals surface area contributed by atoms with Crippen molar-refractivity contribution in [1.29, 1.82) is 0 Å². The molecule has 1 heteroatoms. The summed E-state index contributed by atoms with van der Waals surface area (Å²) in [7, 11) is 0. The van der Waals surface area contributed by atoms with Gasteiger partial charge in [-0.3, -0.25) is 4.90 Å². The van der Waals surface area contributed by atoms with Crippen LogP contribution in [0, 0.1) is 0 Å². The molecule has 1 fully saturated rings. The molecule has 1 atom stereocenters. The maximum Gasteiger partial charge on any atom is 0.0236 e. The van der Waals surface area contributed by atoms with E-state index in [0.717, 1.165) is 12.6 Å². The van der Waals surface area contributed by atoms with E-state index in [9.17, 15) is 0 Å². The molecule has 0 aromatic heterocycles. The first-order valence-corrected chi connectivity index (χ1v) is 6.18. The maximum atomic E-state index is 2.65. The highest BCUT2D eigenvalue weighted by molar-refractivity contribution is 5.14. The second kappa shape index (κ2) is 5.32. The maximum absolute atomic E-state index is 2.65. The minimum atomic E-state index is 0.818. The van der Waals surface area contributed by atoms with Gasteiger partial charge in [-0.2, -0.15) is 0 Å². The third-order valence-electron chi connectivity index (χ3n) is 3.45. The lowest BCUT2D eigenvalue weighted by atomic mass is 9.99. The summed E-state index contributed by atoms with van der Waals surface area (Å²) in [4.78, 5) is 2.65. The first-order valence-electron chi connectivity index (χ1n) is 6.18. The minimum absolute atomic E-state index is 0.818. The van der Waals surface area contributed by atoms with E-state index in [1.165, 1.54) is 37.8 Å². The number of nitrogens with zero attached hydrogens (tertiary/aromatic N) is 1. The summed E-state index contributed by atoms with van der Waals surface area (Å²) in [6.45, 7) is 4.74. The lowest BCUT2D eigenvalue weighted by Gasteiger charge is -2.35. The average molecular weight is 203 g/mol. The molecule has 0 aliphatic carbocycles. The van der Waals surface area contributed by atoms with Gasteiger partial charge in [0.2, 0.25) is 0 Å². The van der Waals surface area contributed by atoms with E-state index in [1.807, 2.05) is 0 Å². The standard InChI is InChI=1S/C14H21N/c1-2-14-10-6-7-11-15(14)12-13-8-4-3-5-9-13/h3-5,8-9,14H,2,6-7,10-12H2,1H3. The Labute approximate surface area is 93.1 Å². The molecule has 1 saturated heterocycles. The first kappa shape index (κ1) is 10.7. The van der Waals surface area contributed by atoms with Crippen LogP contribution in [0.2, 0.25) is 0 Å². The van der Waals surface area contributed by atoms with E-state index in [2.05, 4.69) is 42.2 Å². The molecule has 1 nitrogen and oxygen atoms in total. The molecular formula is C14H21N. The van der Waals surface area contributed by atoms with Crippen LogP contribution in [0.1, 0.15) is 38.2 Å². The number of hydrogen-bond donors (Lipinski definition) is 0. The van der Waals surface area contributed by atoms with Crippen LogP contribution in [0.4, 0.5) is 0 Å². The molecule has 1 aromatic carbocycles. The molecule has 1 heterocycles. The summed E-state index contributed by atoms with van der Waals surface area (Å²) >= 11 is 0. The number of piperidine rings is 1. The van der Waals surface area contributed by atoms with Crippen molar-refractivity contribution >= 4 is 0 Å². The Hall–Kier alpha value is -0.820.